The van der Waals surface area contributed by atoms with E-state index in [4.69, 9.17) is 51.1 Å². The molecule has 0 spiro atoms. The molecule has 2 aromatic rings. The number of hydrogen-bond donors (Lipinski definition) is 6. The van der Waals surface area contributed by atoms with Crippen molar-refractivity contribution >= 4 is 46.7 Å². The topological polar surface area (TPSA) is 173 Å². The Hall–Kier alpha value is -2.15. The van der Waals surface area contributed by atoms with E-state index in [1.807, 2.05) is 9.80 Å². The van der Waals surface area contributed by atoms with Crippen molar-refractivity contribution in [2.24, 2.45) is 22.9 Å². The quantitative estimate of drug-likeness (QED) is 0.325. The first-order valence-electron chi connectivity index (χ1n) is 10.5. The molecule has 4 rings (SSSR count). The Kier molecular flexibility index (Phi) is 7.03. The molecule has 10 N–H and O–H groups in total. The van der Waals surface area contributed by atoms with Crippen LogP contribution in [0.2, 0.25) is 10.0 Å². The van der Waals surface area contributed by atoms with Crippen LogP contribution in [-0.4, -0.2) is 65.3 Å². The van der Waals surface area contributed by atoms with Crippen molar-refractivity contribution in [3.05, 3.63) is 28.2 Å². The van der Waals surface area contributed by atoms with Gasteiger partial charge in [0.25, 0.3) is 0 Å². The molecule has 1 aromatic carbocycles. The SMILES string of the molecule is N[C@@H]1C[C@H](N)CN(c2nc(NNc3cc(Cl)ccc3Cl)nc(N3C[C@H](N)C[C@H](N)C3)n2)C1. The van der Waals surface area contributed by atoms with Crippen LogP contribution in [0.15, 0.2) is 18.2 Å². The van der Waals surface area contributed by atoms with Gasteiger partial charge in [0, 0.05) is 55.4 Å². The zero-order chi connectivity index (χ0) is 22.8. The van der Waals surface area contributed by atoms with Crippen molar-refractivity contribution in [2.75, 3.05) is 46.8 Å². The molecule has 0 radical (unpaired) electrons. The number of nitrogens with one attached hydrogen (secondary N) is 2. The summed E-state index contributed by atoms with van der Waals surface area (Å²) in [6, 6.07) is 4.87. The first kappa shape index (κ1) is 23.0. The number of halogens is 2. The molecule has 2 aliphatic rings. The van der Waals surface area contributed by atoms with Crippen molar-refractivity contribution in [3.8, 4) is 0 Å². The third-order valence-electron chi connectivity index (χ3n) is 5.45. The third kappa shape index (κ3) is 5.61. The number of hydrogen-bond acceptors (Lipinski definition) is 11. The fourth-order valence-corrected chi connectivity index (χ4v) is 4.43. The monoisotopic (exact) mass is 481 g/mol. The Morgan fingerprint density at radius 3 is 1.75 bits per heavy atom. The van der Waals surface area contributed by atoms with Gasteiger partial charge in [-0.05, 0) is 31.0 Å². The average Bonchev–Trinajstić information content (AvgIpc) is 2.73. The zero-order valence-corrected chi connectivity index (χ0v) is 19.1. The van der Waals surface area contributed by atoms with E-state index in [9.17, 15) is 0 Å². The van der Waals surface area contributed by atoms with Crippen molar-refractivity contribution < 1.29 is 0 Å². The Labute approximate surface area is 196 Å². The number of anilines is 4. The molecular weight excluding hydrogens is 453 g/mol. The van der Waals surface area contributed by atoms with Gasteiger partial charge in [0.15, 0.2) is 0 Å². The molecule has 174 valence electrons. The molecule has 3 heterocycles. The second kappa shape index (κ2) is 9.77. The molecule has 0 amide bonds. The molecule has 11 nitrogen and oxygen atoms in total. The van der Waals surface area contributed by atoms with Crippen molar-refractivity contribution in [1.29, 1.82) is 0 Å². The van der Waals surface area contributed by atoms with Gasteiger partial charge >= 0.3 is 0 Å². The minimum Gasteiger partial charge on any atom is -0.338 e. The maximum Gasteiger partial charge on any atom is 0.248 e. The van der Waals surface area contributed by atoms with Crippen LogP contribution >= 0.6 is 23.2 Å². The molecule has 32 heavy (non-hydrogen) atoms. The van der Waals surface area contributed by atoms with Gasteiger partial charge in [-0.25, -0.2) is 0 Å². The predicted octanol–water partition coefficient (Wildman–Crippen LogP) is 0.347. The molecule has 13 heteroatoms. The molecule has 0 bridgehead atoms. The van der Waals surface area contributed by atoms with Gasteiger partial charge in [0.2, 0.25) is 17.8 Å². The summed E-state index contributed by atoms with van der Waals surface area (Å²) in [6.45, 7) is 2.40. The number of nitrogens with zero attached hydrogens (tertiary/aromatic N) is 5. The molecule has 2 fully saturated rings. The molecule has 0 saturated carbocycles. The summed E-state index contributed by atoms with van der Waals surface area (Å²) in [6.07, 6.45) is 1.51. The van der Waals surface area contributed by atoms with Gasteiger partial charge in [0.1, 0.15) is 0 Å². The lowest BCUT2D eigenvalue weighted by molar-refractivity contribution is 0.441. The predicted molar refractivity (Wildman–Crippen MR) is 129 cm³/mol. The molecule has 4 atom stereocenters. The van der Waals surface area contributed by atoms with E-state index in [2.05, 4.69) is 20.8 Å². The summed E-state index contributed by atoms with van der Waals surface area (Å²) in [4.78, 5) is 17.8. The summed E-state index contributed by atoms with van der Waals surface area (Å²) < 4.78 is 0. The molecular formula is C19H29Cl2N11. The maximum atomic E-state index is 6.25. The van der Waals surface area contributed by atoms with Crippen LogP contribution in [0.25, 0.3) is 0 Å². The fraction of sp³-hybridized carbons (Fsp3) is 0.526. The minimum atomic E-state index is -0.0596. The lowest BCUT2D eigenvalue weighted by Crippen LogP contribution is -2.54. The summed E-state index contributed by atoms with van der Waals surface area (Å²) in [5.74, 6) is 1.27. The highest BCUT2D eigenvalue weighted by atomic mass is 35.5. The Morgan fingerprint density at radius 2 is 1.25 bits per heavy atom. The van der Waals surface area contributed by atoms with E-state index in [-0.39, 0.29) is 24.2 Å². The second-order valence-corrected chi connectivity index (χ2v) is 9.30. The number of hydrazine groups is 1. The van der Waals surface area contributed by atoms with Gasteiger partial charge in [-0.2, -0.15) is 15.0 Å². The molecule has 1 aromatic heterocycles. The summed E-state index contributed by atoms with van der Waals surface area (Å²) in [5.41, 5.74) is 31.3. The van der Waals surface area contributed by atoms with Crippen molar-refractivity contribution in [1.82, 2.24) is 15.0 Å². The lowest BCUT2D eigenvalue weighted by atomic mass is 10.0. The average molecular weight is 482 g/mol. The highest BCUT2D eigenvalue weighted by molar-refractivity contribution is 6.35. The summed E-state index contributed by atoms with van der Waals surface area (Å²) >= 11 is 12.3. The number of rotatable bonds is 5. The summed E-state index contributed by atoms with van der Waals surface area (Å²) in [5, 5.41) is 1.04. The van der Waals surface area contributed by atoms with Crippen LogP contribution in [0.3, 0.4) is 0 Å². The van der Waals surface area contributed by atoms with E-state index in [1.54, 1.807) is 18.2 Å². The van der Waals surface area contributed by atoms with Gasteiger partial charge in [-0.1, -0.05) is 23.2 Å². The minimum absolute atomic E-state index is 0.0596. The Balaban J connectivity index is 1.63. The van der Waals surface area contributed by atoms with Gasteiger partial charge < -0.3 is 32.7 Å². The van der Waals surface area contributed by atoms with E-state index >= 15 is 0 Å². The molecule has 2 aliphatic heterocycles. The third-order valence-corrected chi connectivity index (χ3v) is 6.01. The molecule has 0 aliphatic carbocycles. The van der Waals surface area contributed by atoms with E-state index in [0.717, 1.165) is 12.8 Å². The highest BCUT2D eigenvalue weighted by Crippen LogP contribution is 2.26. The number of piperidine rings is 2. The first-order chi connectivity index (χ1) is 15.3. The van der Waals surface area contributed by atoms with Crippen LogP contribution in [0.1, 0.15) is 12.8 Å². The zero-order valence-electron chi connectivity index (χ0n) is 17.6. The highest BCUT2D eigenvalue weighted by Gasteiger charge is 2.28. The van der Waals surface area contributed by atoms with Crippen molar-refractivity contribution in [2.45, 2.75) is 37.0 Å². The second-order valence-electron chi connectivity index (χ2n) is 8.45. The van der Waals surface area contributed by atoms with Gasteiger partial charge in [0.05, 0.1) is 10.7 Å². The molecule has 0 unspecified atom stereocenters. The number of nitrogens with two attached hydrogens (primary N) is 4. The van der Waals surface area contributed by atoms with E-state index in [1.165, 1.54) is 0 Å². The Morgan fingerprint density at radius 1 is 0.750 bits per heavy atom. The van der Waals surface area contributed by atoms with Crippen LogP contribution in [-0.2, 0) is 0 Å². The Bertz CT molecular complexity index is 881. The summed E-state index contributed by atoms with van der Waals surface area (Å²) in [7, 11) is 0. The number of aromatic nitrogens is 3. The van der Waals surface area contributed by atoms with E-state index in [0.29, 0.717) is 59.8 Å². The van der Waals surface area contributed by atoms with E-state index < -0.39 is 0 Å². The normalized spacial score (nSPS) is 26.2. The van der Waals surface area contributed by atoms with Crippen LogP contribution in [0, 0.1) is 0 Å². The maximum absolute atomic E-state index is 6.25. The van der Waals surface area contributed by atoms with Crippen LogP contribution < -0.4 is 43.6 Å². The van der Waals surface area contributed by atoms with Crippen molar-refractivity contribution in [3.63, 3.8) is 0 Å². The van der Waals surface area contributed by atoms with Gasteiger partial charge in [-0.3, -0.25) is 10.9 Å². The van der Waals surface area contributed by atoms with Crippen LogP contribution in [0.4, 0.5) is 23.5 Å². The fourth-order valence-electron chi connectivity index (χ4n) is 4.09. The standard InChI is InChI=1S/C19H29Cl2N11/c20-10-1-2-15(21)16(3-10)29-30-17-26-18(31-6-11(22)4-12(23)7-31)28-19(27-17)32-8-13(24)5-14(25)9-32/h1-3,11-14,29H,4-9,22-25H2,(H,26,27,28,30)/t11-,12+,13-,14+. The number of benzene rings is 1. The first-order valence-corrected chi connectivity index (χ1v) is 11.3. The molecule has 2 saturated heterocycles. The largest absolute Gasteiger partial charge is 0.338 e. The smallest absolute Gasteiger partial charge is 0.248 e. The lowest BCUT2D eigenvalue weighted by Gasteiger charge is -2.37. The van der Waals surface area contributed by atoms with Crippen LogP contribution in [0.5, 0.6) is 0 Å². The van der Waals surface area contributed by atoms with Gasteiger partial charge in [-0.15, -0.1) is 0 Å².